The number of piperazine rings is 1. The average molecular weight is 406 g/mol. The van der Waals surface area contributed by atoms with Gasteiger partial charge < -0.3 is 20.0 Å². The Labute approximate surface area is 175 Å². The maximum Gasteiger partial charge on any atom is 0.319 e. The van der Waals surface area contributed by atoms with Gasteiger partial charge in [0.25, 0.3) is 0 Å². The van der Waals surface area contributed by atoms with Gasteiger partial charge in [-0.3, -0.25) is 4.90 Å². The zero-order valence-corrected chi connectivity index (χ0v) is 17.0. The van der Waals surface area contributed by atoms with E-state index in [1.54, 1.807) is 6.07 Å². The Balaban J connectivity index is 1.25. The van der Waals surface area contributed by atoms with E-state index in [0.29, 0.717) is 18.1 Å². The van der Waals surface area contributed by atoms with Gasteiger partial charge in [-0.15, -0.1) is 10.2 Å². The van der Waals surface area contributed by atoms with E-state index >= 15 is 0 Å². The van der Waals surface area contributed by atoms with Crippen LogP contribution >= 0.6 is 0 Å². The number of anilines is 1. The zero-order chi connectivity index (χ0) is 20.8. The first-order chi connectivity index (χ1) is 14.7. The van der Waals surface area contributed by atoms with Crippen molar-refractivity contribution < 1.29 is 9.21 Å². The predicted molar refractivity (Wildman–Crippen MR) is 115 cm³/mol. The van der Waals surface area contributed by atoms with Crippen molar-refractivity contribution in [2.45, 2.75) is 13.1 Å². The molecule has 0 saturated carbocycles. The van der Waals surface area contributed by atoms with E-state index in [2.05, 4.69) is 61.9 Å². The van der Waals surface area contributed by atoms with E-state index in [-0.39, 0.29) is 6.03 Å². The molecule has 0 bridgehead atoms. The van der Waals surface area contributed by atoms with Gasteiger partial charge in [0.05, 0.1) is 0 Å². The van der Waals surface area contributed by atoms with Gasteiger partial charge in [0.1, 0.15) is 0 Å². The summed E-state index contributed by atoms with van der Waals surface area (Å²) in [5, 5.41) is 13.3. The Hall–Kier alpha value is -3.23. The number of urea groups is 1. The normalized spacial score (nSPS) is 15.1. The van der Waals surface area contributed by atoms with Gasteiger partial charge in [0.15, 0.2) is 0 Å². The Bertz CT molecular complexity index is 950. The number of hydrogen-bond acceptors (Lipinski definition) is 6. The molecule has 1 saturated heterocycles. The van der Waals surface area contributed by atoms with Gasteiger partial charge in [-0.25, -0.2) is 4.79 Å². The fraction of sp³-hybridized carbons (Fsp3) is 0.318. The number of likely N-dealkylation sites (N-methyl/N-ethyl adjacent to an activating group) is 1. The van der Waals surface area contributed by atoms with Gasteiger partial charge in [-0.2, -0.15) is 0 Å². The van der Waals surface area contributed by atoms with Crippen molar-refractivity contribution in [2.24, 2.45) is 0 Å². The third-order valence-electron chi connectivity index (χ3n) is 5.21. The zero-order valence-electron chi connectivity index (χ0n) is 17.0. The van der Waals surface area contributed by atoms with Gasteiger partial charge >= 0.3 is 6.03 Å². The number of benzene rings is 2. The lowest BCUT2D eigenvalue weighted by atomic mass is 10.1. The second kappa shape index (κ2) is 9.51. The molecule has 2 heterocycles. The molecule has 2 amide bonds. The Morgan fingerprint density at radius 2 is 1.83 bits per heavy atom. The van der Waals surface area contributed by atoms with Crippen LogP contribution in [-0.4, -0.2) is 59.3 Å². The largest absolute Gasteiger partial charge is 0.423 e. The van der Waals surface area contributed by atoms with Crippen molar-refractivity contribution in [1.82, 2.24) is 25.3 Å². The first-order valence-corrected chi connectivity index (χ1v) is 10.1. The highest BCUT2D eigenvalue weighted by Crippen LogP contribution is 2.20. The number of aromatic nitrogens is 2. The number of rotatable bonds is 6. The van der Waals surface area contributed by atoms with Crippen LogP contribution in [0.2, 0.25) is 0 Å². The molecular formula is C22H26N6O2. The number of nitrogens with zero attached hydrogens (tertiary/aromatic N) is 4. The number of carbonyl (C=O) groups excluding carboxylic acids is 1. The van der Waals surface area contributed by atoms with Gasteiger partial charge in [0.2, 0.25) is 12.3 Å². The summed E-state index contributed by atoms with van der Waals surface area (Å²) in [5.41, 5.74) is 3.77. The minimum absolute atomic E-state index is 0.265. The van der Waals surface area contributed by atoms with Crippen molar-refractivity contribution >= 4 is 11.7 Å². The third-order valence-corrected chi connectivity index (χ3v) is 5.21. The van der Waals surface area contributed by atoms with Gasteiger partial charge in [0, 0.05) is 50.5 Å². The quantitative estimate of drug-likeness (QED) is 0.655. The highest BCUT2D eigenvalue weighted by atomic mass is 16.4. The van der Waals surface area contributed by atoms with Crippen molar-refractivity contribution in [1.29, 1.82) is 0 Å². The van der Waals surface area contributed by atoms with E-state index in [1.807, 2.05) is 18.2 Å². The molecule has 1 aliphatic heterocycles. The molecule has 0 spiro atoms. The minimum atomic E-state index is -0.265. The van der Waals surface area contributed by atoms with E-state index in [0.717, 1.165) is 43.9 Å². The van der Waals surface area contributed by atoms with Gasteiger partial charge in [-0.1, -0.05) is 30.3 Å². The lowest BCUT2D eigenvalue weighted by Gasteiger charge is -2.32. The molecule has 1 aliphatic rings. The van der Waals surface area contributed by atoms with Crippen LogP contribution in [0, 0.1) is 0 Å². The van der Waals surface area contributed by atoms with Gasteiger partial charge in [-0.05, 0) is 36.4 Å². The standard InChI is InChI=1S/C22H26N6O2/c1-27-9-11-28(12-10-27)15-18-7-5-17(6-8-18)14-23-22(29)25-20-4-2-3-19(13-20)21-26-24-16-30-21/h2-8,13,16H,9-12,14-15H2,1H3,(H2,23,25,29). The second-order valence-corrected chi connectivity index (χ2v) is 7.53. The average Bonchev–Trinajstić information content (AvgIpc) is 3.30. The van der Waals surface area contributed by atoms with E-state index in [9.17, 15) is 4.79 Å². The number of hydrogen-bond donors (Lipinski definition) is 2. The number of carbonyl (C=O) groups is 1. The van der Waals surface area contributed by atoms with E-state index < -0.39 is 0 Å². The molecule has 156 valence electrons. The van der Waals surface area contributed by atoms with Crippen LogP contribution in [-0.2, 0) is 13.1 Å². The summed E-state index contributed by atoms with van der Waals surface area (Å²) < 4.78 is 5.19. The lowest BCUT2D eigenvalue weighted by molar-refractivity contribution is 0.148. The maximum absolute atomic E-state index is 12.3. The Morgan fingerprint density at radius 1 is 1.07 bits per heavy atom. The minimum Gasteiger partial charge on any atom is -0.423 e. The summed E-state index contributed by atoms with van der Waals surface area (Å²) in [6, 6.07) is 15.4. The van der Waals surface area contributed by atoms with Crippen molar-refractivity contribution in [3.63, 3.8) is 0 Å². The van der Waals surface area contributed by atoms with Crippen molar-refractivity contribution in [2.75, 3.05) is 38.5 Å². The summed E-state index contributed by atoms with van der Waals surface area (Å²) in [5.74, 6) is 0.413. The van der Waals surface area contributed by atoms with Crippen LogP contribution in [0.3, 0.4) is 0 Å². The second-order valence-electron chi connectivity index (χ2n) is 7.53. The van der Waals surface area contributed by atoms with Crippen LogP contribution in [0.1, 0.15) is 11.1 Å². The third kappa shape index (κ3) is 5.43. The monoisotopic (exact) mass is 406 g/mol. The highest BCUT2D eigenvalue weighted by Gasteiger charge is 2.13. The molecular weight excluding hydrogens is 380 g/mol. The fourth-order valence-corrected chi connectivity index (χ4v) is 3.41. The molecule has 2 aromatic carbocycles. The molecule has 1 aromatic heterocycles. The molecule has 3 aromatic rings. The maximum atomic E-state index is 12.3. The van der Waals surface area contributed by atoms with E-state index in [1.165, 1.54) is 12.0 Å². The smallest absolute Gasteiger partial charge is 0.319 e. The van der Waals surface area contributed by atoms with Crippen LogP contribution in [0.4, 0.5) is 10.5 Å². The first-order valence-electron chi connectivity index (χ1n) is 10.1. The topological polar surface area (TPSA) is 86.5 Å². The fourth-order valence-electron chi connectivity index (χ4n) is 3.41. The van der Waals surface area contributed by atoms with Crippen LogP contribution in [0.5, 0.6) is 0 Å². The molecule has 4 rings (SSSR count). The summed E-state index contributed by atoms with van der Waals surface area (Å²) in [6.07, 6.45) is 1.28. The van der Waals surface area contributed by atoms with E-state index in [4.69, 9.17) is 4.42 Å². The highest BCUT2D eigenvalue weighted by molar-refractivity contribution is 5.89. The van der Waals surface area contributed by atoms with Crippen LogP contribution < -0.4 is 10.6 Å². The molecule has 0 aliphatic carbocycles. The molecule has 8 heteroatoms. The summed E-state index contributed by atoms with van der Waals surface area (Å²) in [7, 11) is 2.17. The first kappa shape index (κ1) is 20.1. The molecule has 0 unspecified atom stereocenters. The van der Waals surface area contributed by atoms with Crippen molar-refractivity contribution in [3.05, 3.63) is 66.1 Å². The Morgan fingerprint density at radius 3 is 2.57 bits per heavy atom. The van der Waals surface area contributed by atoms with Crippen LogP contribution in [0.25, 0.3) is 11.5 Å². The molecule has 0 atom stereocenters. The summed E-state index contributed by atoms with van der Waals surface area (Å²) >= 11 is 0. The molecule has 30 heavy (non-hydrogen) atoms. The summed E-state index contributed by atoms with van der Waals surface area (Å²) in [4.78, 5) is 17.1. The molecule has 8 nitrogen and oxygen atoms in total. The molecule has 2 N–H and O–H groups in total. The van der Waals surface area contributed by atoms with Crippen LogP contribution in [0.15, 0.2) is 59.3 Å². The number of nitrogens with one attached hydrogen (secondary N) is 2. The Kier molecular flexibility index (Phi) is 6.36. The van der Waals surface area contributed by atoms with Crippen molar-refractivity contribution in [3.8, 4) is 11.5 Å². The lowest BCUT2D eigenvalue weighted by Crippen LogP contribution is -2.43. The molecule has 0 radical (unpaired) electrons. The SMILES string of the molecule is CN1CCN(Cc2ccc(CNC(=O)Nc3cccc(-c4nnco4)c3)cc2)CC1. The molecule has 1 fully saturated rings. The summed E-state index contributed by atoms with van der Waals surface area (Å²) in [6.45, 7) is 5.88. The number of amides is 2. The predicted octanol–water partition coefficient (Wildman–Crippen LogP) is 2.81.